The van der Waals surface area contributed by atoms with Crippen molar-refractivity contribution in [1.29, 1.82) is 0 Å². The van der Waals surface area contributed by atoms with Crippen molar-refractivity contribution >= 4 is 44.6 Å². The van der Waals surface area contributed by atoms with Crippen molar-refractivity contribution in [3.63, 3.8) is 0 Å². The van der Waals surface area contributed by atoms with E-state index in [2.05, 4.69) is 28.1 Å². The van der Waals surface area contributed by atoms with Gasteiger partial charge in [-0.25, -0.2) is 4.79 Å². The van der Waals surface area contributed by atoms with Crippen LogP contribution in [0.5, 0.6) is 5.75 Å². The van der Waals surface area contributed by atoms with Crippen LogP contribution in [0, 0.1) is 0 Å². The lowest BCUT2D eigenvalue weighted by Gasteiger charge is -2.15. The minimum atomic E-state index is -0.358. The van der Waals surface area contributed by atoms with Crippen LogP contribution in [-0.2, 0) is 24.1 Å². The minimum Gasteiger partial charge on any atom is -0.506 e. The van der Waals surface area contributed by atoms with Crippen molar-refractivity contribution in [2.24, 2.45) is 7.05 Å². The number of halogens is 1. The molecule has 154 valence electrons. The third kappa shape index (κ3) is 4.47. The first kappa shape index (κ1) is 21.7. The van der Waals surface area contributed by atoms with Gasteiger partial charge in [-0.1, -0.05) is 18.2 Å². The van der Waals surface area contributed by atoms with Crippen molar-refractivity contribution in [3.8, 4) is 5.75 Å². The van der Waals surface area contributed by atoms with Crippen molar-refractivity contribution in [2.45, 2.75) is 24.1 Å². The van der Waals surface area contributed by atoms with E-state index in [-0.39, 0.29) is 11.7 Å². The Kier molecular flexibility index (Phi) is 6.93. The summed E-state index contributed by atoms with van der Waals surface area (Å²) < 4.78 is 8.04. The van der Waals surface area contributed by atoms with E-state index in [0.29, 0.717) is 34.5 Å². The molecule has 0 saturated carbocycles. The number of nitrogens with zero attached hydrogens (tertiary/aromatic N) is 2. The number of phenols is 1. The summed E-state index contributed by atoms with van der Waals surface area (Å²) in [5.74, 6) is 0.413. The summed E-state index contributed by atoms with van der Waals surface area (Å²) in [5.41, 5.74) is 3.02. The highest BCUT2D eigenvalue weighted by molar-refractivity contribution is 9.10. The molecule has 0 radical (unpaired) electrons. The predicted octanol–water partition coefficient (Wildman–Crippen LogP) is 5.18. The molecule has 1 N–H and O–H groups in total. The van der Waals surface area contributed by atoms with Crippen molar-refractivity contribution in [2.75, 3.05) is 20.7 Å². The molecular formula is C22H25BrN2O3S. The van der Waals surface area contributed by atoms with E-state index in [4.69, 9.17) is 4.74 Å². The van der Waals surface area contributed by atoms with Gasteiger partial charge in [0.15, 0.2) is 0 Å². The van der Waals surface area contributed by atoms with Crippen LogP contribution in [-0.4, -0.2) is 41.2 Å². The van der Waals surface area contributed by atoms with Crippen LogP contribution in [0.3, 0.4) is 0 Å². The lowest BCUT2D eigenvalue weighted by atomic mass is 10.1. The van der Waals surface area contributed by atoms with E-state index in [1.165, 1.54) is 0 Å². The number of aromatic nitrogens is 1. The summed E-state index contributed by atoms with van der Waals surface area (Å²) in [4.78, 5) is 16.1. The van der Waals surface area contributed by atoms with Gasteiger partial charge >= 0.3 is 5.97 Å². The molecule has 29 heavy (non-hydrogen) atoms. The van der Waals surface area contributed by atoms with E-state index in [0.717, 1.165) is 21.5 Å². The number of aromatic hydroxyl groups is 1. The van der Waals surface area contributed by atoms with E-state index in [1.807, 2.05) is 54.9 Å². The predicted molar refractivity (Wildman–Crippen MR) is 122 cm³/mol. The zero-order chi connectivity index (χ0) is 21.1. The zero-order valence-corrected chi connectivity index (χ0v) is 19.4. The molecule has 7 heteroatoms. The molecule has 0 atom stereocenters. The molecule has 2 aromatic carbocycles. The van der Waals surface area contributed by atoms with Crippen molar-refractivity contribution in [1.82, 2.24) is 9.47 Å². The van der Waals surface area contributed by atoms with Gasteiger partial charge in [-0.05, 0) is 55.1 Å². The standard InChI is InChI=1S/C22H25BrN2O3S/c1-5-28-22(27)20-18(13-29-14-9-7-6-8-10-14)25(4)17-11-16(23)21(26)15(19(17)20)12-24(2)3/h6-11,26H,5,12-13H2,1-4H3/i12+1,24+1. The molecule has 1 heterocycles. The van der Waals surface area contributed by atoms with Gasteiger partial charge in [0.2, 0.25) is 0 Å². The molecule has 0 saturated heterocycles. The summed E-state index contributed by atoms with van der Waals surface area (Å²) in [6.45, 7) is 2.60. The highest BCUT2D eigenvalue weighted by Crippen LogP contribution is 2.41. The number of esters is 1. The van der Waals surface area contributed by atoms with Crippen LogP contribution < -0.4 is 0 Å². The molecule has 1 aromatic heterocycles. The van der Waals surface area contributed by atoms with E-state index >= 15 is 0 Å². The van der Waals surface area contributed by atoms with Gasteiger partial charge in [0.05, 0.1) is 22.2 Å². The van der Waals surface area contributed by atoms with Gasteiger partial charge in [0, 0.05) is 40.9 Å². The van der Waals surface area contributed by atoms with Gasteiger partial charge in [0.1, 0.15) is 5.75 Å². The van der Waals surface area contributed by atoms with Gasteiger partial charge in [-0.3, -0.25) is 0 Å². The number of hydrogen-bond acceptors (Lipinski definition) is 5. The number of ether oxygens (including phenoxy) is 1. The summed E-state index contributed by atoms with van der Waals surface area (Å²) in [7, 11) is 5.82. The third-order valence-electron chi connectivity index (χ3n) is 4.71. The first-order valence-electron chi connectivity index (χ1n) is 9.36. The maximum Gasteiger partial charge on any atom is 0.340 e. The summed E-state index contributed by atoms with van der Waals surface area (Å²) in [5, 5.41) is 11.5. The molecule has 0 fully saturated rings. The molecule has 3 rings (SSSR count). The summed E-state index contributed by atoms with van der Waals surface area (Å²) >= 11 is 5.13. The largest absolute Gasteiger partial charge is 0.506 e. The fourth-order valence-corrected chi connectivity index (χ4v) is 4.86. The average molecular weight is 479 g/mol. The molecular weight excluding hydrogens is 454 g/mol. The Labute approximate surface area is 183 Å². The Morgan fingerprint density at radius 2 is 1.97 bits per heavy atom. The van der Waals surface area contributed by atoms with Gasteiger partial charge in [-0.15, -0.1) is 11.8 Å². The molecule has 3 aromatic rings. The van der Waals surface area contributed by atoms with Crippen molar-refractivity contribution in [3.05, 3.63) is 57.7 Å². The fourth-order valence-electron chi connectivity index (χ4n) is 3.41. The summed E-state index contributed by atoms with van der Waals surface area (Å²) in [6.07, 6.45) is 0. The van der Waals surface area contributed by atoms with Crippen LogP contribution in [0.4, 0.5) is 0 Å². The molecule has 0 aliphatic carbocycles. The highest BCUT2D eigenvalue weighted by atomic mass is 79.9. The zero-order valence-electron chi connectivity index (χ0n) is 17.0. The maximum atomic E-state index is 13.0. The number of fused-ring (bicyclic) bond motifs is 1. The molecule has 0 bridgehead atoms. The Hall–Kier alpha value is -1.96. The quantitative estimate of drug-likeness (QED) is 0.219. The lowest BCUT2D eigenvalue weighted by Crippen LogP contribution is -2.13. The lowest BCUT2D eigenvalue weighted by molar-refractivity contribution is 0.0527. The molecule has 0 spiro atoms. The normalized spacial score (nSPS) is 11.4. The highest BCUT2D eigenvalue weighted by Gasteiger charge is 2.27. The smallest absolute Gasteiger partial charge is 0.340 e. The van der Waals surface area contributed by atoms with Gasteiger partial charge in [-0.2, -0.15) is 0 Å². The number of rotatable bonds is 7. The topological polar surface area (TPSA) is 54.7 Å². The van der Waals surface area contributed by atoms with Crippen LogP contribution in [0.2, 0.25) is 0 Å². The Bertz CT molecular complexity index is 1030. The molecule has 0 aliphatic rings. The first-order chi connectivity index (χ1) is 13.8. The molecule has 0 amide bonds. The maximum absolute atomic E-state index is 13.0. The first-order valence-corrected chi connectivity index (χ1v) is 11.1. The number of phenolic OH excluding ortho intramolecular Hbond substituents is 1. The third-order valence-corrected chi connectivity index (χ3v) is 6.34. The second-order valence-corrected chi connectivity index (χ2v) is 8.92. The molecule has 0 unspecified atom stereocenters. The second-order valence-electron chi connectivity index (χ2n) is 7.02. The summed E-state index contributed by atoms with van der Waals surface area (Å²) in [6, 6.07) is 12.0. The van der Waals surface area contributed by atoms with Crippen molar-refractivity contribution < 1.29 is 14.6 Å². The van der Waals surface area contributed by atoms with E-state index in [1.54, 1.807) is 18.7 Å². The van der Waals surface area contributed by atoms with Crippen LogP contribution in [0.25, 0.3) is 10.9 Å². The minimum absolute atomic E-state index is 0.157. The number of aryl methyl sites for hydroxylation is 1. The van der Waals surface area contributed by atoms with Crippen LogP contribution >= 0.6 is 27.7 Å². The number of thioether (sulfide) groups is 1. The Balaban J connectivity index is 2.22. The SMILES string of the molecule is CCOC(=O)c1c(CSc2ccccc2)n(C)c2cc(Br)c(O)c([13CH2][15N](C)C)c12. The Morgan fingerprint density at radius 1 is 1.28 bits per heavy atom. The van der Waals surface area contributed by atoms with Crippen LogP contribution in [0.15, 0.2) is 45.8 Å². The number of benzene rings is 2. The van der Waals surface area contributed by atoms with Gasteiger partial charge in [0.25, 0.3) is 0 Å². The number of hydrogen-bond donors (Lipinski definition) is 1. The monoisotopic (exact) mass is 478 g/mol. The second kappa shape index (κ2) is 9.24. The van der Waals surface area contributed by atoms with Gasteiger partial charge < -0.3 is 19.3 Å². The number of carbonyl (C=O) groups excluding carboxylic acids is 1. The number of carbonyl (C=O) groups is 1. The Morgan fingerprint density at radius 3 is 2.59 bits per heavy atom. The fraction of sp³-hybridized carbons (Fsp3) is 0.318. The molecule has 5 nitrogen and oxygen atoms in total. The van der Waals surface area contributed by atoms with Crippen LogP contribution in [0.1, 0.15) is 28.5 Å². The van der Waals surface area contributed by atoms with E-state index < -0.39 is 0 Å². The molecule has 0 aliphatic heterocycles. The average Bonchev–Trinajstić information content (AvgIpc) is 2.96. The van der Waals surface area contributed by atoms with E-state index in [9.17, 15) is 9.90 Å².